The quantitative estimate of drug-likeness (QED) is 0.613. The highest BCUT2D eigenvalue weighted by molar-refractivity contribution is 5.83. The molecule has 0 saturated carbocycles. The number of aliphatic carboxylic acids is 1. The third-order valence-corrected chi connectivity index (χ3v) is 3.76. The summed E-state index contributed by atoms with van der Waals surface area (Å²) >= 11 is 0. The molecule has 1 fully saturated rings. The van der Waals surface area contributed by atoms with Crippen LogP contribution in [0.4, 0.5) is 0 Å². The Labute approximate surface area is 120 Å². The molecule has 0 aromatic heterocycles. The Bertz CT molecular complexity index is 316. The molecule has 1 rings (SSSR count). The van der Waals surface area contributed by atoms with Gasteiger partial charge in [-0.1, -0.05) is 20.3 Å². The van der Waals surface area contributed by atoms with Crippen molar-refractivity contribution in [2.75, 3.05) is 19.7 Å². The highest BCUT2D eigenvalue weighted by Crippen LogP contribution is 2.09. The Hall–Kier alpha value is -1.14. The van der Waals surface area contributed by atoms with E-state index >= 15 is 0 Å². The average molecular weight is 286 g/mol. The minimum absolute atomic E-state index is 0.0817. The molecule has 1 saturated heterocycles. The maximum atomic E-state index is 11.8. The molecule has 0 aromatic rings. The van der Waals surface area contributed by atoms with E-state index in [-0.39, 0.29) is 24.3 Å². The number of amides is 1. The van der Waals surface area contributed by atoms with Crippen molar-refractivity contribution < 1.29 is 19.4 Å². The van der Waals surface area contributed by atoms with Crippen LogP contribution >= 0.6 is 0 Å². The van der Waals surface area contributed by atoms with E-state index in [1.807, 2.05) is 13.8 Å². The number of hydrogen-bond acceptors (Lipinski definition) is 4. The Morgan fingerprint density at radius 1 is 1.40 bits per heavy atom. The van der Waals surface area contributed by atoms with Crippen LogP contribution in [0.5, 0.6) is 0 Å². The van der Waals surface area contributed by atoms with E-state index < -0.39 is 12.0 Å². The van der Waals surface area contributed by atoms with Crippen LogP contribution in [0.1, 0.15) is 39.5 Å². The molecule has 6 nitrogen and oxygen atoms in total. The number of piperidine rings is 1. The van der Waals surface area contributed by atoms with Crippen LogP contribution < -0.4 is 10.6 Å². The number of nitrogens with one attached hydrogen (secondary N) is 2. The zero-order chi connectivity index (χ0) is 15.0. The maximum absolute atomic E-state index is 11.8. The van der Waals surface area contributed by atoms with Gasteiger partial charge in [-0.2, -0.15) is 0 Å². The Kier molecular flexibility index (Phi) is 7.54. The lowest BCUT2D eigenvalue weighted by Gasteiger charge is -2.23. The minimum Gasteiger partial charge on any atom is -0.480 e. The van der Waals surface area contributed by atoms with Crippen LogP contribution in [0.2, 0.25) is 0 Å². The molecule has 1 aliphatic heterocycles. The normalized spacial score (nSPS) is 19.3. The van der Waals surface area contributed by atoms with E-state index in [0.717, 1.165) is 25.9 Å². The van der Waals surface area contributed by atoms with Gasteiger partial charge in [0.15, 0.2) is 0 Å². The summed E-state index contributed by atoms with van der Waals surface area (Å²) < 4.78 is 5.63. The topological polar surface area (TPSA) is 87.7 Å². The number of hydrogen-bond donors (Lipinski definition) is 3. The van der Waals surface area contributed by atoms with E-state index in [0.29, 0.717) is 13.0 Å². The molecule has 20 heavy (non-hydrogen) atoms. The van der Waals surface area contributed by atoms with E-state index in [1.165, 1.54) is 0 Å². The molecule has 0 aromatic carbocycles. The first-order chi connectivity index (χ1) is 9.54. The number of ether oxygens (including phenoxy) is 1. The number of carboxylic acid groups (broad SMARTS) is 1. The van der Waals surface area contributed by atoms with Crippen LogP contribution in [-0.2, 0) is 14.3 Å². The smallest absolute Gasteiger partial charge is 0.326 e. The molecule has 2 atom stereocenters. The fourth-order valence-corrected chi connectivity index (χ4v) is 2.21. The number of carbonyl (C=O) groups is 2. The molecule has 116 valence electrons. The summed E-state index contributed by atoms with van der Waals surface area (Å²) in [6.45, 7) is 5.98. The molecule has 3 N–H and O–H groups in total. The van der Waals surface area contributed by atoms with Gasteiger partial charge in [0.25, 0.3) is 0 Å². The lowest BCUT2D eigenvalue weighted by atomic mass is 9.99. The van der Waals surface area contributed by atoms with Crippen LogP contribution in [0, 0.1) is 5.92 Å². The molecular formula is C14H26N2O4. The Balaban J connectivity index is 2.25. The second-order valence-corrected chi connectivity index (χ2v) is 5.34. The van der Waals surface area contributed by atoms with Crippen molar-refractivity contribution in [3.05, 3.63) is 0 Å². The average Bonchev–Trinajstić information content (AvgIpc) is 2.45. The van der Waals surface area contributed by atoms with Gasteiger partial charge in [-0.15, -0.1) is 0 Å². The van der Waals surface area contributed by atoms with Crippen molar-refractivity contribution in [2.24, 2.45) is 5.92 Å². The third-order valence-electron chi connectivity index (χ3n) is 3.76. The van der Waals surface area contributed by atoms with E-state index in [9.17, 15) is 9.59 Å². The van der Waals surface area contributed by atoms with Gasteiger partial charge >= 0.3 is 5.97 Å². The first kappa shape index (κ1) is 16.9. The summed E-state index contributed by atoms with van der Waals surface area (Å²) in [6.07, 6.45) is 3.07. The Morgan fingerprint density at radius 2 is 2.05 bits per heavy atom. The minimum atomic E-state index is -0.980. The van der Waals surface area contributed by atoms with Crippen molar-refractivity contribution in [3.63, 3.8) is 0 Å². The molecule has 0 aliphatic carbocycles. The molecule has 1 aliphatic rings. The highest BCUT2D eigenvalue weighted by Gasteiger charge is 2.25. The van der Waals surface area contributed by atoms with Gasteiger partial charge in [0.05, 0.1) is 12.7 Å². The van der Waals surface area contributed by atoms with Gasteiger partial charge in [0.2, 0.25) is 5.91 Å². The SMILES string of the molecule is CCC(C)[C@H](NC(=O)CCOC1CCNCC1)C(=O)O. The highest BCUT2D eigenvalue weighted by atomic mass is 16.5. The van der Waals surface area contributed by atoms with Gasteiger partial charge < -0.3 is 20.5 Å². The van der Waals surface area contributed by atoms with Crippen molar-refractivity contribution in [3.8, 4) is 0 Å². The molecule has 0 radical (unpaired) electrons. The number of carboxylic acids is 1. The molecular weight excluding hydrogens is 260 g/mol. The van der Waals surface area contributed by atoms with E-state index in [1.54, 1.807) is 0 Å². The van der Waals surface area contributed by atoms with Gasteiger partial charge in [-0.3, -0.25) is 4.79 Å². The predicted octanol–water partition coefficient (Wildman–Crippen LogP) is 0.761. The van der Waals surface area contributed by atoms with Crippen molar-refractivity contribution in [1.82, 2.24) is 10.6 Å². The van der Waals surface area contributed by atoms with Gasteiger partial charge in [0, 0.05) is 6.42 Å². The van der Waals surface area contributed by atoms with Crippen LogP contribution in [0.3, 0.4) is 0 Å². The summed E-state index contributed by atoms with van der Waals surface area (Å²) in [7, 11) is 0. The van der Waals surface area contributed by atoms with Crippen LogP contribution in [0.15, 0.2) is 0 Å². The van der Waals surface area contributed by atoms with E-state index in [2.05, 4.69) is 10.6 Å². The zero-order valence-corrected chi connectivity index (χ0v) is 12.4. The van der Waals surface area contributed by atoms with Gasteiger partial charge in [0.1, 0.15) is 6.04 Å². The molecule has 1 amide bonds. The Morgan fingerprint density at radius 3 is 2.60 bits per heavy atom. The summed E-state index contributed by atoms with van der Waals surface area (Å²) in [6, 6.07) is -0.814. The molecule has 1 unspecified atom stereocenters. The first-order valence-electron chi connectivity index (χ1n) is 7.39. The fraction of sp³-hybridized carbons (Fsp3) is 0.857. The summed E-state index contributed by atoms with van der Waals surface area (Å²) in [5.41, 5.74) is 0. The number of rotatable bonds is 8. The summed E-state index contributed by atoms with van der Waals surface area (Å²) in [5, 5.41) is 14.9. The van der Waals surface area contributed by atoms with Gasteiger partial charge in [-0.05, 0) is 31.8 Å². The second-order valence-electron chi connectivity index (χ2n) is 5.34. The zero-order valence-electron chi connectivity index (χ0n) is 12.4. The maximum Gasteiger partial charge on any atom is 0.326 e. The van der Waals surface area contributed by atoms with Crippen molar-refractivity contribution >= 4 is 11.9 Å². The van der Waals surface area contributed by atoms with Crippen molar-refractivity contribution in [2.45, 2.75) is 51.7 Å². The van der Waals surface area contributed by atoms with Crippen molar-refractivity contribution in [1.29, 1.82) is 0 Å². The lowest BCUT2D eigenvalue weighted by molar-refractivity contribution is -0.143. The standard InChI is InChI=1S/C14H26N2O4/c1-3-10(2)13(14(18)19)16-12(17)6-9-20-11-4-7-15-8-5-11/h10-11,13,15H,3-9H2,1-2H3,(H,16,17)(H,18,19)/t10?,13-/m0/s1. The van der Waals surface area contributed by atoms with E-state index in [4.69, 9.17) is 9.84 Å². The fourth-order valence-electron chi connectivity index (χ4n) is 2.21. The van der Waals surface area contributed by atoms with Crippen LogP contribution in [0.25, 0.3) is 0 Å². The van der Waals surface area contributed by atoms with Gasteiger partial charge in [-0.25, -0.2) is 4.79 Å². The summed E-state index contributed by atoms with van der Waals surface area (Å²) in [4.78, 5) is 22.9. The second kappa shape index (κ2) is 8.92. The largest absolute Gasteiger partial charge is 0.480 e. The number of carbonyl (C=O) groups excluding carboxylic acids is 1. The lowest BCUT2D eigenvalue weighted by Crippen LogP contribution is -2.45. The molecule has 0 spiro atoms. The monoisotopic (exact) mass is 286 g/mol. The summed E-state index contributed by atoms with van der Waals surface area (Å²) in [5.74, 6) is -1.32. The molecule has 1 heterocycles. The first-order valence-corrected chi connectivity index (χ1v) is 7.39. The third kappa shape index (κ3) is 5.88. The molecule has 0 bridgehead atoms. The predicted molar refractivity (Wildman–Crippen MR) is 75.5 cm³/mol. The molecule has 6 heteroatoms. The van der Waals surface area contributed by atoms with Crippen LogP contribution in [-0.4, -0.2) is 48.8 Å².